The maximum Gasteiger partial charge on any atom is 0.0442 e. The minimum Gasteiger partial charge on any atom is -0.387 e. The number of anilines is 1. The quantitative estimate of drug-likeness (QED) is 0.660. The number of rotatable bonds is 4. The van der Waals surface area contributed by atoms with Crippen LogP contribution in [0.2, 0.25) is 0 Å². The van der Waals surface area contributed by atoms with Crippen molar-refractivity contribution < 1.29 is 0 Å². The summed E-state index contributed by atoms with van der Waals surface area (Å²) in [6.07, 6.45) is 14.7. The molecule has 1 aromatic carbocycles. The minimum atomic E-state index is 0.425. The van der Waals surface area contributed by atoms with Gasteiger partial charge in [-0.15, -0.1) is 0 Å². The van der Waals surface area contributed by atoms with Crippen molar-refractivity contribution in [2.45, 2.75) is 31.3 Å². The third kappa shape index (κ3) is 3.65. The summed E-state index contributed by atoms with van der Waals surface area (Å²) < 4.78 is 0. The van der Waals surface area contributed by atoms with E-state index in [-0.39, 0.29) is 0 Å². The number of likely N-dealkylation sites (N-methyl/N-ethyl adjacent to an activating group) is 1. The molecule has 0 spiro atoms. The zero-order valence-electron chi connectivity index (χ0n) is 14.9. The molecule has 0 amide bonds. The van der Waals surface area contributed by atoms with Crippen molar-refractivity contribution in [3.8, 4) is 0 Å². The van der Waals surface area contributed by atoms with Gasteiger partial charge in [-0.05, 0) is 67.9 Å². The summed E-state index contributed by atoms with van der Waals surface area (Å²) in [5.41, 5.74) is 3.87. The molecule has 1 saturated heterocycles. The molecule has 1 aromatic rings. The predicted molar refractivity (Wildman–Crippen MR) is 107 cm³/mol. The molecule has 25 heavy (non-hydrogen) atoms. The van der Waals surface area contributed by atoms with E-state index >= 15 is 0 Å². The molecule has 4 nitrogen and oxygen atoms in total. The van der Waals surface area contributed by atoms with Crippen LogP contribution in [0.4, 0.5) is 5.69 Å². The first-order valence-electron chi connectivity index (χ1n) is 9.44. The molecule has 3 aliphatic rings. The zero-order chi connectivity index (χ0) is 17.1. The average Bonchev–Trinajstić information content (AvgIpc) is 2.69. The van der Waals surface area contributed by atoms with Crippen LogP contribution >= 0.6 is 0 Å². The Bertz CT molecular complexity index is 800. The molecule has 0 aromatic heterocycles. The van der Waals surface area contributed by atoms with Gasteiger partial charge in [-0.1, -0.05) is 24.3 Å². The van der Waals surface area contributed by atoms with Gasteiger partial charge in [0.25, 0.3) is 0 Å². The van der Waals surface area contributed by atoms with E-state index in [2.05, 4.69) is 63.9 Å². The molecule has 0 bridgehead atoms. The maximum absolute atomic E-state index is 3.82. The normalized spacial score (nSPS) is 22.9. The zero-order valence-corrected chi connectivity index (χ0v) is 14.9. The Labute approximate surface area is 149 Å². The fourth-order valence-corrected chi connectivity index (χ4v) is 3.88. The largest absolute Gasteiger partial charge is 0.387 e. The number of hydrogen-bond acceptors (Lipinski definition) is 4. The van der Waals surface area contributed by atoms with Crippen molar-refractivity contribution in [1.82, 2.24) is 16.0 Å². The molecule has 1 aliphatic carbocycles. The van der Waals surface area contributed by atoms with Crippen molar-refractivity contribution in [3.63, 3.8) is 0 Å². The second-order valence-corrected chi connectivity index (χ2v) is 7.11. The van der Waals surface area contributed by atoms with E-state index in [9.17, 15) is 0 Å². The number of fused-ring (bicyclic) bond motifs is 1. The van der Waals surface area contributed by atoms with Gasteiger partial charge >= 0.3 is 0 Å². The third-order valence-electron chi connectivity index (χ3n) is 5.37. The summed E-state index contributed by atoms with van der Waals surface area (Å²) in [5.74, 6) is 0. The first kappa shape index (κ1) is 16.4. The standard InChI is InChI=1S/C21H28N4/c1-22-19-4-2-3-15(12-19)17-11-16-5-8-24-14-20(16)21(13-17)25-18-6-9-23-10-7-18/h2-3,5,11-14,18-19,22-25H,4,6-10H2,1H3. The Morgan fingerprint density at radius 1 is 1.16 bits per heavy atom. The highest BCUT2D eigenvalue weighted by molar-refractivity contribution is 5.78. The molecule has 4 N–H and O–H groups in total. The van der Waals surface area contributed by atoms with Gasteiger partial charge in [-0.3, -0.25) is 0 Å². The lowest BCUT2D eigenvalue weighted by Crippen LogP contribution is -2.40. The number of allylic oxidation sites excluding steroid dienone is 2. The molecule has 2 aliphatic heterocycles. The van der Waals surface area contributed by atoms with Crippen LogP contribution < -0.4 is 31.7 Å². The van der Waals surface area contributed by atoms with Crippen molar-refractivity contribution in [3.05, 3.63) is 46.4 Å². The molecule has 4 heteroatoms. The Kier molecular flexibility index (Phi) is 4.90. The summed E-state index contributed by atoms with van der Waals surface area (Å²) in [6.45, 7) is 3.11. The van der Waals surface area contributed by atoms with Crippen LogP contribution in [0.25, 0.3) is 17.8 Å². The molecule has 4 rings (SSSR count). The fourth-order valence-electron chi connectivity index (χ4n) is 3.88. The molecule has 1 atom stereocenters. The summed E-state index contributed by atoms with van der Waals surface area (Å²) in [7, 11) is 2.03. The lowest BCUT2D eigenvalue weighted by molar-refractivity contribution is 0.479. The molecule has 132 valence electrons. The number of benzene rings is 1. The van der Waals surface area contributed by atoms with Crippen molar-refractivity contribution >= 4 is 23.5 Å². The molecular formula is C21H28N4. The summed E-state index contributed by atoms with van der Waals surface area (Å²) in [4.78, 5) is 0. The summed E-state index contributed by atoms with van der Waals surface area (Å²) >= 11 is 0. The molecule has 1 unspecified atom stereocenters. The topological polar surface area (TPSA) is 48.1 Å². The maximum atomic E-state index is 3.82. The van der Waals surface area contributed by atoms with Crippen LogP contribution in [0.1, 0.15) is 24.8 Å². The van der Waals surface area contributed by atoms with Gasteiger partial charge in [0.05, 0.1) is 0 Å². The second kappa shape index (κ2) is 7.46. The Morgan fingerprint density at radius 2 is 2.04 bits per heavy atom. The monoisotopic (exact) mass is 336 g/mol. The van der Waals surface area contributed by atoms with E-state index in [1.807, 2.05) is 7.05 Å². The van der Waals surface area contributed by atoms with Crippen LogP contribution in [0.15, 0.2) is 30.4 Å². The van der Waals surface area contributed by atoms with E-state index in [4.69, 9.17) is 0 Å². The van der Waals surface area contributed by atoms with Gasteiger partial charge in [0.15, 0.2) is 0 Å². The highest BCUT2D eigenvalue weighted by Crippen LogP contribution is 2.22. The van der Waals surface area contributed by atoms with Crippen LogP contribution in [-0.2, 0) is 0 Å². The lowest BCUT2D eigenvalue weighted by atomic mass is 9.94. The Hall–Kier alpha value is -2.04. The van der Waals surface area contributed by atoms with E-state index in [0.29, 0.717) is 12.1 Å². The predicted octanol–water partition coefficient (Wildman–Crippen LogP) is 0.904. The van der Waals surface area contributed by atoms with Gasteiger partial charge in [-0.2, -0.15) is 0 Å². The fraction of sp³-hybridized carbons (Fsp3) is 0.429. The number of nitrogens with one attached hydrogen (secondary N) is 4. The molecule has 0 saturated carbocycles. The first-order valence-corrected chi connectivity index (χ1v) is 9.44. The molecular weight excluding hydrogens is 308 g/mol. The van der Waals surface area contributed by atoms with Crippen molar-refractivity contribution in [2.75, 3.05) is 32.0 Å². The second-order valence-electron chi connectivity index (χ2n) is 7.11. The lowest BCUT2D eigenvalue weighted by Gasteiger charge is -2.26. The minimum absolute atomic E-state index is 0.425. The third-order valence-corrected chi connectivity index (χ3v) is 5.37. The number of piperidine rings is 1. The van der Waals surface area contributed by atoms with E-state index < -0.39 is 0 Å². The average molecular weight is 336 g/mol. The van der Waals surface area contributed by atoms with Gasteiger partial charge in [0, 0.05) is 35.7 Å². The van der Waals surface area contributed by atoms with Gasteiger partial charge < -0.3 is 21.3 Å². The van der Waals surface area contributed by atoms with Crippen LogP contribution in [0.5, 0.6) is 0 Å². The van der Waals surface area contributed by atoms with Gasteiger partial charge in [-0.25, -0.2) is 0 Å². The van der Waals surface area contributed by atoms with Crippen LogP contribution in [-0.4, -0.2) is 38.8 Å². The van der Waals surface area contributed by atoms with E-state index in [1.165, 1.54) is 40.1 Å². The Morgan fingerprint density at radius 3 is 2.88 bits per heavy atom. The van der Waals surface area contributed by atoms with Crippen molar-refractivity contribution in [1.29, 1.82) is 0 Å². The van der Waals surface area contributed by atoms with Crippen LogP contribution in [0.3, 0.4) is 0 Å². The van der Waals surface area contributed by atoms with Crippen LogP contribution in [0, 0.1) is 0 Å². The van der Waals surface area contributed by atoms with Gasteiger partial charge in [0.1, 0.15) is 0 Å². The van der Waals surface area contributed by atoms with Gasteiger partial charge in [0.2, 0.25) is 0 Å². The highest BCUT2D eigenvalue weighted by atomic mass is 15.0. The van der Waals surface area contributed by atoms with Crippen molar-refractivity contribution in [2.24, 2.45) is 0 Å². The molecule has 2 heterocycles. The highest BCUT2D eigenvalue weighted by Gasteiger charge is 2.15. The van der Waals surface area contributed by atoms with E-state index in [1.54, 1.807) is 0 Å². The summed E-state index contributed by atoms with van der Waals surface area (Å²) in [6, 6.07) is 5.63. The Balaban J connectivity index is 1.73. The van der Waals surface area contributed by atoms with E-state index in [0.717, 1.165) is 26.1 Å². The smallest absolute Gasteiger partial charge is 0.0442 e. The first-order chi connectivity index (χ1) is 12.3. The number of hydrogen-bond donors (Lipinski definition) is 4. The molecule has 0 radical (unpaired) electrons. The summed E-state index contributed by atoms with van der Waals surface area (Å²) in [5, 5.41) is 16.6. The molecule has 1 fully saturated rings. The SMILES string of the molecule is CNC1C=C(c2cc(NC3CCNCC3)c3c(c2)=CCNC=3)C=CC1.